The van der Waals surface area contributed by atoms with Crippen LogP contribution in [0.1, 0.15) is 24.0 Å². The fraction of sp³-hybridized carbons (Fsp3) is 0.300. The Balaban J connectivity index is 1.45. The van der Waals surface area contributed by atoms with Crippen LogP contribution in [0.5, 0.6) is 0 Å². The number of hydrogen-bond donors (Lipinski definition) is 1. The minimum atomic E-state index is -0.300. The molecule has 1 heterocycles. The van der Waals surface area contributed by atoms with Crippen LogP contribution in [0.15, 0.2) is 48.5 Å². The molecule has 0 unspecified atom stereocenters. The molecule has 0 bridgehead atoms. The third kappa shape index (κ3) is 2.80. The van der Waals surface area contributed by atoms with E-state index in [0.717, 1.165) is 24.2 Å². The molecule has 2 aromatic carbocycles. The average Bonchev–Trinajstić information content (AvgIpc) is 3.21. The van der Waals surface area contributed by atoms with E-state index in [9.17, 15) is 9.59 Å². The van der Waals surface area contributed by atoms with Gasteiger partial charge in [0.15, 0.2) is 0 Å². The zero-order valence-electron chi connectivity index (χ0n) is 13.5. The molecule has 2 aliphatic rings. The highest BCUT2D eigenvalue weighted by Gasteiger charge is 2.35. The molecule has 0 saturated carbocycles. The maximum absolute atomic E-state index is 12.5. The van der Waals surface area contributed by atoms with Crippen molar-refractivity contribution in [1.82, 2.24) is 0 Å². The number of carbonyl (C=O) groups excluding carboxylic acids is 2. The van der Waals surface area contributed by atoms with Gasteiger partial charge in [-0.05, 0) is 54.7 Å². The van der Waals surface area contributed by atoms with E-state index in [-0.39, 0.29) is 24.2 Å². The SMILES string of the molecule is O=C(Nc1ccc2c(c1)CCC2)[C@@H]1CC(=O)N(c2ccccc2)C1. The number of aryl methyl sites for hydroxylation is 2. The molecular formula is C20H20N2O2. The molecule has 1 aliphatic heterocycles. The van der Waals surface area contributed by atoms with Crippen LogP contribution in [-0.4, -0.2) is 18.4 Å². The molecule has 0 aromatic heterocycles. The summed E-state index contributed by atoms with van der Waals surface area (Å²) in [7, 11) is 0. The van der Waals surface area contributed by atoms with Gasteiger partial charge in [-0.3, -0.25) is 9.59 Å². The first-order chi connectivity index (χ1) is 11.7. The number of nitrogens with zero attached hydrogens (tertiary/aromatic N) is 1. The van der Waals surface area contributed by atoms with Crippen molar-refractivity contribution in [2.24, 2.45) is 5.92 Å². The molecule has 4 heteroatoms. The van der Waals surface area contributed by atoms with Crippen LogP contribution < -0.4 is 10.2 Å². The molecule has 122 valence electrons. The second-order valence-electron chi connectivity index (χ2n) is 6.57. The topological polar surface area (TPSA) is 49.4 Å². The molecule has 2 aromatic rings. The predicted octanol–water partition coefficient (Wildman–Crippen LogP) is 3.17. The molecule has 1 atom stereocenters. The van der Waals surface area contributed by atoms with E-state index in [1.807, 2.05) is 36.4 Å². The van der Waals surface area contributed by atoms with Crippen LogP contribution in [0.4, 0.5) is 11.4 Å². The zero-order chi connectivity index (χ0) is 16.5. The van der Waals surface area contributed by atoms with Gasteiger partial charge in [0.2, 0.25) is 11.8 Å². The van der Waals surface area contributed by atoms with Gasteiger partial charge in [-0.1, -0.05) is 24.3 Å². The van der Waals surface area contributed by atoms with E-state index < -0.39 is 0 Å². The summed E-state index contributed by atoms with van der Waals surface area (Å²) < 4.78 is 0. The summed E-state index contributed by atoms with van der Waals surface area (Å²) in [6.45, 7) is 0.444. The van der Waals surface area contributed by atoms with Crippen molar-refractivity contribution in [3.63, 3.8) is 0 Å². The van der Waals surface area contributed by atoms with Crippen molar-refractivity contribution in [2.45, 2.75) is 25.7 Å². The predicted molar refractivity (Wildman–Crippen MR) is 94.0 cm³/mol. The van der Waals surface area contributed by atoms with Crippen LogP contribution >= 0.6 is 0 Å². The Morgan fingerprint density at radius 1 is 1.04 bits per heavy atom. The number of para-hydroxylation sites is 1. The Morgan fingerprint density at radius 2 is 1.83 bits per heavy atom. The standard InChI is InChI=1S/C20H20N2O2/c23-19-12-16(13-22(19)18-7-2-1-3-8-18)20(24)21-17-10-9-14-5-4-6-15(14)11-17/h1-3,7-11,16H,4-6,12-13H2,(H,21,24)/t16-/m1/s1. The van der Waals surface area contributed by atoms with Gasteiger partial charge in [-0.2, -0.15) is 0 Å². The maximum Gasteiger partial charge on any atom is 0.229 e. The smallest absolute Gasteiger partial charge is 0.229 e. The minimum absolute atomic E-state index is 0.00954. The summed E-state index contributed by atoms with van der Waals surface area (Å²) in [4.78, 5) is 26.5. The molecule has 1 aliphatic carbocycles. The molecule has 4 nitrogen and oxygen atoms in total. The number of anilines is 2. The molecule has 4 rings (SSSR count). The van der Waals surface area contributed by atoms with E-state index in [2.05, 4.69) is 17.4 Å². The molecule has 0 spiro atoms. The van der Waals surface area contributed by atoms with Gasteiger partial charge in [0.25, 0.3) is 0 Å². The van der Waals surface area contributed by atoms with E-state index >= 15 is 0 Å². The van der Waals surface area contributed by atoms with Crippen molar-refractivity contribution in [1.29, 1.82) is 0 Å². The summed E-state index contributed by atoms with van der Waals surface area (Å²) in [5, 5.41) is 2.99. The van der Waals surface area contributed by atoms with E-state index in [1.165, 1.54) is 17.5 Å². The van der Waals surface area contributed by atoms with Crippen LogP contribution in [-0.2, 0) is 22.4 Å². The molecular weight excluding hydrogens is 300 g/mol. The largest absolute Gasteiger partial charge is 0.326 e. The molecule has 24 heavy (non-hydrogen) atoms. The van der Waals surface area contributed by atoms with Gasteiger partial charge in [0.1, 0.15) is 0 Å². The third-order valence-corrected chi connectivity index (χ3v) is 4.93. The monoisotopic (exact) mass is 320 g/mol. The highest BCUT2D eigenvalue weighted by Crippen LogP contribution is 2.28. The lowest BCUT2D eigenvalue weighted by Gasteiger charge is -2.16. The van der Waals surface area contributed by atoms with Gasteiger partial charge in [0, 0.05) is 24.3 Å². The van der Waals surface area contributed by atoms with E-state index in [1.54, 1.807) is 4.90 Å². The fourth-order valence-corrected chi connectivity index (χ4v) is 3.63. The van der Waals surface area contributed by atoms with Crippen LogP contribution in [0.25, 0.3) is 0 Å². The van der Waals surface area contributed by atoms with Crippen LogP contribution in [0.2, 0.25) is 0 Å². The molecule has 2 amide bonds. The van der Waals surface area contributed by atoms with Crippen molar-refractivity contribution in [3.05, 3.63) is 59.7 Å². The lowest BCUT2D eigenvalue weighted by Crippen LogP contribution is -2.28. The maximum atomic E-state index is 12.5. The van der Waals surface area contributed by atoms with Gasteiger partial charge in [-0.25, -0.2) is 0 Å². The normalized spacial score (nSPS) is 19.4. The Labute approximate surface area is 141 Å². The quantitative estimate of drug-likeness (QED) is 0.944. The van der Waals surface area contributed by atoms with Gasteiger partial charge >= 0.3 is 0 Å². The Morgan fingerprint density at radius 3 is 2.67 bits per heavy atom. The number of benzene rings is 2. The van der Waals surface area contributed by atoms with Gasteiger partial charge in [-0.15, -0.1) is 0 Å². The Hall–Kier alpha value is -2.62. The van der Waals surface area contributed by atoms with Crippen molar-refractivity contribution in [2.75, 3.05) is 16.8 Å². The van der Waals surface area contributed by atoms with E-state index in [4.69, 9.17) is 0 Å². The lowest BCUT2D eigenvalue weighted by atomic mass is 10.1. The highest BCUT2D eigenvalue weighted by molar-refractivity contribution is 6.03. The number of hydrogen-bond acceptors (Lipinski definition) is 2. The molecule has 1 saturated heterocycles. The number of nitrogens with one attached hydrogen (secondary N) is 1. The van der Waals surface area contributed by atoms with Gasteiger partial charge < -0.3 is 10.2 Å². The average molecular weight is 320 g/mol. The van der Waals surface area contributed by atoms with Crippen molar-refractivity contribution in [3.8, 4) is 0 Å². The number of rotatable bonds is 3. The minimum Gasteiger partial charge on any atom is -0.326 e. The highest BCUT2D eigenvalue weighted by atomic mass is 16.2. The van der Waals surface area contributed by atoms with Crippen LogP contribution in [0.3, 0.4) is 0 Å². The van der Waals surface area contributed by atoms with E-state index in [0.29, 0.717) is 6.54 Å². The summed E-state index contributed by atoms with van der Waals surface area (Å²) in [5.74, 6) is -0.360. The zero-order valence-corrected chi connectivity index (χ0v) is 13.5. The molecule has 1 fully saturated rings. The van der Waals surface area contributed by atoms with Crippen LogP contribution in [0, 0.1) is 5.92 Å². The number of carbonyl (C=O) groups is 2. The number of amides is 2. The summed E-state index contributed by atoms with van der Waals surface area (Å²) in [5.41, 5.74) is 4.42. The second kappa shape index (κ2) is 6.11. The second-order valence-corrected chi connectivity index (χ2v) is 6.57. The Kier molecular flexibility index (Phi) is 3.81. The summed E-state index contributed by atoms with van der Waals surface area (Å²) in [6.07, 6.45) is 3.68. The first kappa shape index (κ1) is 14.9. The summed E-state index contributed by atoms with van der Waals surface area (Å²) >= 11 is 0. The molecule has 0 radical (unpaired) electrons. The third-order valence-electron chi connectivity index (χ3n) is 4.93. The summed E-state index contributed by atoms with van der Waals surface area (Å²) in [6, 6.07) is 15.7. The van der Waals surface area contributed by atoms with Crippen molar-refractivity contribution < 1.29 is 9.59 Å². The molecule has 1 N–H and O–H groups in total. The van der Waals surface area contributed by atoms with Gasteiger partial charge in [0.05, 0.1) is 5.92 Å². The lowest BCUT2D eigenvalue weighted by molar-refractivity contribution is -0.122. The Bertz CT molecular complexity index is 785. The first-order valence-electron chi connectivity index (χ1n) is 8.49. The first-order valence-corrected chi connectivity index (χ1v) is 8.49. The number of fused-ring (bicyclic) bond motifs is 1. The van der Waals surface area contributed by atoms with Crippen molar-refractivity contribution >= 4 is 23.2 Å². The fourth-order valence-electron chi connectivity index (χ4n) is 3.63.